The number of hydrogen-bond acceptors (Lipinski definition) is 2. The van der Waals surface area contributed by atoms with Crippen molar-refractivity contribution in [2.24, 2.45) is 5.92 Å². The Morgan fingerprint density at radius 1 is 1.44 bits per heavy atom. The van der Waals surface area contributed by atoms with Crippen LogP contribution in [0.4, 0.5) is 0 Å². The molecule has 2 heteroatoms. The third-order valence-electron chi connectivity index (χ3n) is 3.71. The van der Waals surface area contributed by atoms with E-state index in [9.17, 15) is 4.79 Å². The van der Waals surface area contributed by atoms with Gasteiger partial charge in [0.1, 0.15) is 5.78 Å². The number of carbonyl (C=O) groups excluding carboxylic acids is 1. The number of ketones is 1. The number of carbonyl (C=O) groups is 1. The standard InChI is InChI=1S/C14H24O2/c1-11(6-5-7-13(3)15)8-9-14(4)12(2)10-16-14/h6,12H,5,7-10H2,1-4H3. The maximum atomic E-state index is 10.8. The molecule has 0 aromatic heterocycles. The second kappa shape index (κ2) is 5.62. The molecule has 0 bridgehead atoms. The van der Waals surface area contributed by atoms with Crippen molar-refractivity contribution in [2.75, 3.05) is 6.61 Å². The van der Waals surface area contributed by atoms with Crippen molar-refractivity contribution < 1.29 is 9.53 Å². The lowest BCUT2D eigenvalue weighted by Gasteiger charge is -2.45. The van der Waals surface area contributed by atoms with Crippen LogP contribution in [0.5, 0.6) is 0 Å². The Morgan fingerprint density at radius 3 is 2.56 bits per heavy atom. The van der Waals surface area contributed by atoms with E-state index >= 15 is 0 Å². The zero-order valence-corrected chi connectivity index (χ0v) is 11.0. The first-order valence-corrected chi connectivity index (χ1v) is 6.23. The molecular weight excluding hydrogens is 200 g/mol. The summed E-state index contributed by atoms with van der Waals surface area (Å²) >= 11 is 0. The lowest BCUT2D eigenvalue weighted by atomic mass is 9.81. The lowest BCUT2D eigenvalue weighted by Crippen LogP contribution is -2.49. The number of rotatable bonds is 6. The average Bonchev–Trinajstić information content (AvgIpc) is 2.23. The Bertz CT molecular complexity index is 280. The van der Waals surface area contributed by atoms with Gasteiger partial charge in [0.25, 0.3) is 0 Å². The number of hydrogen-bond donors (Lipinski definition) is 0. The Kier molecular flexibility index (Phi) is 4.72. The van der Waals surface area contributed by atoms with E-state index in [0.717, 1.165) is 25.9 Å². The Balaban J connectivity index is 2.24. The van der Waals surface area contributed by atoms with Crippen molar-refractivity contribution in [3.63, 3.8) is 0 Å². The lowest BCUT2D eigenvalue weighted by molar-refractivity contribution is -0.188. The van der Waals surface area contributed by atoms with Gasteiger partial charge in [-0.3, -0.25) is 0 Å². The van der Waals surface area contributed by atoms with Gasteiger partial charge in [-0.25, -0.2) is 0 Å². The Morgan fingerprint density at radius 2 is 2.12 bits per heavy atom. The monoisotopic (exact) mass is 224 g/mol. The molecule has 0 saturated carbocycles. The van der Waals surface area contributed by atoms with Gasteiger partial charge in [-0.15, -0.1) is 0 Å². The van der Waals surface area contributed by atoms with E-state index in [2.05, 4.69) is 26.8 Å². The minimum Gasteiger partial charge on any atom is -0.375 e. The molecule has 0 aromatic carbocycles. The van der Waals surface area contributed by atoms with Gasteiger partial charge in [-0.2, -0.15) is 0 Å². The average molecular weight is 224 g/mol. The van der Waals surface area contributed by atoms with Gasteiger partial charge >= 0.3 is 0 Å². The van der Waals surface area contributed by atoms with E-state index in [0.29, 0.717) is 12.3 Å². The van der Waals surface area contributed by atoms with E-state index < -0.39 is 0 Å². The summed E-state index contributed by atoms with van der Waals surface area (Å²) in [6, 6.07) is 0. The smallest absolute Gasteiger partial charge is 0.130 e. The fourth-order valence-electron chi connectivity index (χ4n) is 1.92. The second-order valence-corrected chi connectivity index (χ2v) is 5.32. The molecule has 1 rings (SSSR count). The van der Waals surface area contributed by atoms with E-state index in [-0.39, 0.29) is 11.4 Å². The van der Waals surface area contributed by atoms with Crippen LogP contribution in [0.3, 0.4) is 0 Å². The molecule has 2 atom stereocenters. The number of Topliss-reactive ketones (excluding diaryl/α,β-unsaturated/α-hetero) is 1. The van der Waals surface area contributed by atoms with Crippen molar-refractivity contribution in [3.05, 3.63) is 11.6 Å². The maximum absolute atomic E-state index is 10.8. The zero-order chi connectivity index (χ0) is 12.2. The van der Waals surface area contributed by atoms with Crippen molar-refractivity contribution in [1.82, 2.24) is 0 Å². The van der Waals surface area contributed by atoms with Crippen LogP contribution in [-0.2, 0) is 9.53 Å². The molecular formula is C14H24O2. The third kappa shape index (κ3) is 3.75. The summed E-state index contributed by atoms with van der Waals surface area (Å²) < 4.78 is 5.64. The normalized spacial score (nSPS) is 30.0. The molecule has 92 valence electrons. The van der Waals surface area contributed by atoms with Crippen molar-refractivity contribution in [2.45, 2.75) is 59.0 Å². The second-order valence-electron chi connectivity index (χ2n) is 5.32. The van der Waals surface area contributed by atoms with Crippen molar-refractivity contribution in [1.29, 1.82) is 0 Å². The molecule has 1 fully saturated rings. The zero-order valence-electron chi connectivity index (χ0n) is 11.0. The van der Waals surface area contributed by atoms with Gasteiger partial charge in [-0.05, 0) is 40.0 Å². The fraction of sp³-hybridized carbons (Fsp3) is 0.786. The molecule has 1 heterocycles. The molecule has 1 aliphatic heterocycles. The first-order valence-electron chi connectivity index (χ1n) is 6.23. The maximum Gasteiger partial charge on any atom is 0.130 e. The van der Waals surface area contributed by atoms with Gasteiger partial charge in [0, 0.05) is 12.3 Å². The molecule has 0 aromatic rings. The summed E-state index contributed by atoms with van der Waals surface area (Å²) in [5.74, 6) is 0.949. The highest BCUT2D eigenvalue weighted by Crippen LogP contribution is 2.37. The van der Waals surface area contributed by atoms with Crippen LogP contribution in [0.25, 0.3) is 0 Å². The summed E-state index contributed by atoms with van der Waals surface area (Å²) in [7, 11) is 0. The third-order valence-corrected chi connectivity index (χ3v) is 3.71. The Hall–Kier alpha value is -0.630. The molecule has 1 saturated heterocycles. The molecule has 0 spiro atoms. The van der Waals surface area contributed by atoms with Crippen molar-refractivity contribution >= 4 is 5.78 Å². The topological polar surface area (TPSA) is 26.3 Å². The SMILES string of the molecule is CC(=O)CCC=C(C)CCC1(C)OCC1C. The minimum absolute atomic E-state index is 0.0929. The molecule has 0 aliphatic carbocycles. The molecule has 0 amide bonds. The molecule has 0 N–H and O–H groups in total. The molecule has 1 aliphatic rings. The van der Waals surface area contributed by atoms with Gasteiger partial charge in [0.2, 0.25) is 0 Å². The molecule has 2 nitrogen and oxygen atoms in total. The van der Waals surface area contributed by atoms with E-state index in [4.69, 9.17) is 4.74 Å². The van der Waals surface area contributed by atoms with E-state index in [1.807, 2.05) is 0 Å². The fourth-order valence-corrected chi connectivity index (χ4v) is 1.92. The predicted molar refractivity (Wildman–Crippen MR) is 66.4 cm³/mol. The number of allylic oxidation sites excluding steroid dienone is 2. The molecule has 16 heavy (non-hydrogen) atoms. The predicted octanol–water partition coefficient (Wildman–Crippen LogP) is 3.51. The van der Waals surface area contributed by atoms with Gasteiger partial charge < -0.3 is 9.53 Å². The van der Waals surface area contributed by atoms with Crippen LogP contribution >= 0.6 is 0 Å². The summed E-state index contributed by atoms with van der Waals surface area (Å²) in [6.45, 7) is 9.15. The van der Waals surface area contributed by atoms with E-state index in [1.165, 1.54) is 5.57 Å². The number of ether oxygens (including phenoxy) is 1. The highest BCUT2D eigenvalue weighted by atomic mass is 16.5. The van der Waals surface area contributed by atoms with Gasteiger partial charge in [-0.1, -0.05) is 18.6 Å². The highest BCUT2D eigenvalue weighted by molar-refractivity contribution is 5.75. The summed E-state index contributed by atoms with van der Waals surface area (Å²) in [4.78, 5) is 10.8. The first-order chi connectivity index (χ1) is 7.44. The molecule has 0 radical (unpaired) electrons. The van der Waals surface area contributed by atoms with Crippen LogP contribution in [0.2, 0.25) is 0 Å². The molecule has 2 unspecified atom stereocenters. The minimum atomic E-state index is 0.0929. The highest BCUT2D eigenvalue weighted by Gasteiger charge is 2.40. The van der Waals surface area contributed by atoms with Crippen molar-refractivity contribution in [3.8, 4) is 0 Å². The quantitative estimate of drug-likeness (QED) is 0.645. The van der Waals surface area contributed by atoms with Crippen LogP contribution in [-0.4, -0.2) is 18.0 Å². The Labute approximate surface area is 99.1 Å². The largest absolute Gasteiger partial charge is 0.375 e. The first kappa shape index (κ1) is 13.4. The summed E-state index contributed by atoms with van der Waals surface area (Å²) in [5, 5.41) is 0. The summed E-state index contributed by atoms with van der Waals surface area (Å²) in [6.07, 6.45) is 5.92. The van der Waals surface area contributed by atoms with Crippen LogP contribution in [0.15, 0.2) is 11.6 Å². The van der Waals surface area contributed by atoms with Gasteiger partial charge in [0.15, 0.2) is 0 Å². The van der Waals surface area contributed by atoms with E-state index in [1.54, 1.807) is 6.92 Å². The van der Waals surface area contributed by atoms with Crippen LogP contribution in [0.1, 0.15) is 53.4 Å². The summed E-state index contributed by atoms with van der Waals surface area (Å²) in [5.41, 5.74) is 1.47. The van der Waals surface area contributed by atoms with Crippen LogP contribution < -0.4 is 0 Å². The van der Waals surface area contributed by atoms with Crippen LogP contribution in [0, 0.1) is 5.92 Å². The van der Waals surface area contributed by atoms with Gasteiger partial charge in [0.05, 0.1) is 12.2 Å².